The zero-order chi connectivity index (χ0) is 20.4. The largest absolute Gasteiger partial charge is 0.412 e. The highest BCUT2D eigenvalue weighted by Gasteiger charge is 2.26. The quantitative estimate of drug-likeness (QED) is 0.640. The summed E-state index contributed by atoms with van der Waals surface area (Å²) in [6.07, 6.45) is 2.64. The minimum Gasteiger partial charge on any atom is -0.412 e. The van der Waals surface area contributed by atoms with Gasteiger partial charge in [-0.1, -0.05) is 25.1 Å². The van der Waals surface area contributed by atoms with Crippen LogP contribution < -0.4 is 4.72 Å². The number of likely N-dealkylation sites (tertiary alicyclic amines) is 1. The van der Waals surface area contributed by atoms with Gasteiger partial charge in [0.25, 0.3) is 10.0 Å². The van der Waals surface area contributed by atoms with E-state index in [4.69, 9.17) is 4.42 Å². The molecule has 1 amide bonds. The summed E-state index contributed by atoms with van der Waals surface area (Å²) in [5.74, 6) is -0.242. The molecule has 1 saturated heterocycles. The van der Waals surface area contributed by atoms with Crippen molar-refractivity contribution in [1.29, 1.82) is 0 Å². The summed E-state index contributed by atoms with van der Waals surface area (Å²) < 4.78 is 33.8. The van der Waals surface area contributed by atoms with Gasteiger partial charge in [0.05, 0.1) is 11.3 Å². The van der Waals surface area contributed by atoms with Crippen molar-refractivity contribution >= 4 is 33.0 Å². The molecule has 0 spiro atoms. The molecular formula is C19H20N4O4S2. The molecule has 0 bridgehead atoms. The molecule has 152 valence electrons. The first-order valence-electron chi connectivity index (χ1n) is 9.30. The Morgan fingerprint density at radius 2 is 2.00 bits per heavy atom. The van der Waals surface area contributed by atoms with Crippen LogP contribution in [0.1, 0.15) is 36.0 Å². The van der Waals surface area contributed by atoms with Crippen LogP contribution in [-0.4, -0.2) is 42.5 Å². The highest BCUT2D eigenvalue weighted by Crippen LogP contribution is 2.30. The van der Waals surface area contributed by atoms with E-state index >= 15 is 0 Å². The monoisotopic (exact) mass is 432 g/mol. The third-order valence-electron chi connectivity index (χ3n) is 4.73. The van der Waals surface area contributed by atoms with Crippen LogP contribution in [0.2, 0.25) is 0 Å². The smallest absolute Gasteiger partial charge is 0.311 e. The first-order chi connectivity index (χ1) is 14.0. The highest BCUT2D eigenvalue weighted by molar-refractivity contribution is 7.94. The van der Waals surface area contributed by atoms with Gasteiger partial charge in [-0.15, -0.1) is 21.5 Å². The number of aromatic nitrogens is 2. The summed E-state index contributed by atoms with van der Waals surface area (Å²) >= 11 is 1.05. The van der Waals surface area contributed by atoms with Crippen LogP contribution in [0.15, 0.2) is 44.3 Å². The van der Waals surface area contributed by atoms with Crippen LogP contribution in [0.25, 0.3) is 11.5 Å². The Labute approximate surface area is 172 Å². The van der Waals surface area contributed by atoms with Crippen LogP contribution in [0.4, 0.5) is 5.69 Å². The van der Waals surface area contributed by atoms with Gasteiger partial charge in [-0.25, -0.2) is 8.42 Å². The van der Waals surface area contributed by atoms with E-state index in [1.54, 1.807) is 22.4 Å². The Morgan fingerprint density at radius 3 is 2.76 bits per heavy atom. The Bertz CT molecular complexity index is 1130. The summed E-state index contributed by atoms with van der Waals surface area (Å²) in [7, 11) is -3.75. The molecule has 3 heterocycles. The number of hydrogen-bond donors (Lipinski definition) is 1. The van der Waals surface area contributed by atoms with Crippen molar-refractivity contribution in [3.63, 3.8) is 0 Å². The van der Waals surface area contributed by atoms with Crippen LogP contribution in [0.3, 0.4) is 0 Å². The number of benzene rings is 1. The number of nitrogens with one attached hydrogen (secondary N) is 1. The number of sulfonamides is 1. The summed E-state index contributed by atoms with van der Waals surface area (Å²) in [6.45, 7) is 3.33. The van der Waals surface area contributed by atoms with Crippen LogP contribution >= 0.6 is 11.3 Å². The lowest BCUT2D eigenvalue weighted by molar-refractivity contribution is 0.0754. The molecule has 0 aliphatic carbocycles. The van der Waals surface area contributed by atoms with Crippen LogP contribution in [-0.2, 0) is 16.4 Å². The molecule has 10 heteroatoms. The SMILES string of the molecule is CCc1ccccc1NS(=O)(=O)c1cc(-c2nnc(C(=O)N3CCCC3)o2)cs1. The molecule has 0 unspecified atom stereocenters. The number of para-hydroxylation sites is 1. The van der Waals surface area contributed by atoms with E-state index in [-0.39, 0.29) is 21.9 Å². The zero-order valence-electron chi connectivity index (χ0n) is 15.8. The van der Waals surface area contributed by atoms with Crippen LogP contribution in [0.5, 0.6) is 0 Å². The first-order valence-corrected chi connectivity index (χ1v) is 11.7. The minimum absolute atomic E-state index is 0.0764. The third-order valence-corrected chi connectivity index (χ3v) is 7.54. The Kier molecular flexibility index (Phi) is 5.37. The van der Waals surface area contributed by atoms with Crippen molar-refractivity contribution in [3.05, 3.63) is 47.2 Å². The Balaban J connectivity index is 1.54. The fraction of sp³-hybridized carbons (Fsp3) is 0.316. The number of carbonyl (C=O) groups is 1. The fourth-order valence-electron chi connectivity index (χ4n) is 3.17. The second kappa shape index (κ2) is 7.96. The van der Waals surface area contributed by atoms with Gasteiger partial charge >= 0.3 is 11.8 Å². The van der Waals surface area contributed by atoms with Crippen LogP contribution in [0, 0.1) is 0 Å². The molecule has 1 aliphatic rings. The van der Waals surface area contributed by atoms with Crippen molar-refractivity contribution < 1.29 is 17.6 Å². The molecule has 1 fully saturated rings. The lowest BCUT2D eigenvalue weighted by Gasteiger charge is -2.11. The third kappa shape index (κ3) is 4.03. The summed E-state index contributed by atoms with van der Waals surface area (Å²) in [5, 5.41) is 9.37. The van der Waals surface area contributed by atoms with Crippen molar-refractivity contribution in [3.8, 4) is 11.5 Å². The normalized spacial score (nSPS) is 14.3. The maximum atomic E-state index is 12.8. The van der Waals surface area contributed by atoms with E-state index in [0.717, 1.165) is 29.7 Å². The average molecular weight is 433 g/mol. The lowest BCUT2D eigenvalue weighted by Crippen LogP contribution is -2.27. The van der Waals surface area contributed by atoms with Gasteiger partial charge in [0.1, 0.15) is 4.21 Å². The molecule has 1 aromatic carbocycles. The average Bonchev–Trinajstić information content (AvgIpc) is 3.49. The molecule has 2 aromatic heterocycles. The van der Waals surface area contributed by atoms with Gasteiger partial charge in [-0.05, 0) is 37.0 Å². The van der Waals surface area contributed by atoms with Crippen molar-refractivity contribution in [1.82, 2.24) is 15.1 Å². The highest BCUT2D eigenvalue weighted by atomic mass is 32.2. The molecule has 3 aromatic rings. The van der Waals surface area contributed by atoms with Gasteiger partial charge in [0.2, 0.25) is 5.89 Å². The summed E-state index contributed by atoms with van der Waals surface area (Å²) in [5.41, 5.74) is 1.93. The second-order valence-corrected chi connectivity index (χ2v) is 9.50. The molecule has 0 atom stereocenters. The second-order valence-electron chi connectivity index (χ2n) is 6.68. The van der Waals surface area contributed by atoms with E-state index in [1.807, 2.05) is 19.1 Å². The van der Waals surface area contributed by atoms with Gasteiger partial charge in [-0.2, -0.15) is 0 Å². The Hall–Kier alpha value is -2.72. The van der Waals surface area contributed by atoms with Crippen molar-refractivity contribution in [2.75, 3.05) is 17.8 Å². The zero-order valence-corrected chi connectivity index (χ0v) is 17.4. The van der Waals surface area contributed by atoms with Gasteiger partial charge in [0.15, 0.2) is 0 Å². The lowest BCUT2D eigenvalue weighted by atomic mass is 10.1. The number of carbonyl (C=O) groups excluding carboxylic acids is 1. The number of rotatable bonds is 6. The van der Waals surface area contributed by atoms with Gasteiger partial charge in [0, 0.05) is 18.5 Å². The van der Waals surface area contributed by atoms with E-state index in [0.29, 0.717) is 30.8 Å². The Morgan fingerprint density at radius 1 is 1.24 bits per heavy atom. The maximum Gasteiger partial charge on any atom is 0.311 e. The van der Waals surface area contributed by atoms with E-state index in [2.05, 4.69) is 14.9 Å². The minimum atomic E-state index is -3.75. The summed E-state index contributed by atoms with van der Waals surface area (Å²) in [6, 6.07) is 8.75. The van der Waals surface area contributed by atoms with E-state index < -0.39 is 10.0 Å². The standard InChI is InChI=1S/C19H20N4O4S2/c1-2-13-7-3-4-8-15(13)22-29(25,26)16-11-14(12-28-16)17-20-21-18(27-17)19(24)23-9-5-6-10-23/h3-4,7-8,11-12,22H,2,5-6,9-10H2,1H3. The molecule has 0 radical (unpaired) electrons. The molecular weight excluding hydrogens is 412 g/mol. The molecule has 1 aliphatic heterocycles. The predicted molar refractivity (Wildman–Crippen MR) is 109 cm³/mol. The molecule has 29 heavy (non-hydrogen) atoms. The van der Waals surface area contributed by atoms with E-state index in [1.165, 1.54) is 6.07 Å². The van der Waals surface area contributed by atoms with E-state index in [9.17, 15) is 13.2 Å². The number of hydrogen-bond acceptors (Lipinski definition) is 7. The topological polar surface area (TPSA) is 105 Å². The molecule has 8 nitrogen and oxygen atoms in total. The molecule has 1 N–H and O–H groups in total. The summed E-state index contributed by atoms with van der Waals surface area (Å²) in [4.78, 5) is 14.0. The maximum absolute atomic E-state index is 12.8. The van der Waals surface area contributed by atoms with Gasteiger partial charge < -0.3 is 9.32 Å². The number of amides is 1. The number of anilines is 1. The van der Waals surface area contributed by atoms with Gasteiger partial charge in [-0.3, -0.25) is 9.52 Å². The number of nitrogens with zero attached hydrogens (tertiary/aromatic N) is 3. The fourth-order valence-corrected chi connectivity index (χ4v) is 5.43. The first kappa shape index (κ1) is 19.6. The molecule has 4 rings (SSSR count). The number of aryl methyl sites for hydroxylation is 1. The molecule has 0 saturated carbocycles. The predicted octanol–water partition coefficient (Wildman–Crippen LogP) is 3.40. The van der Waals surface area contributed by atoms with Crippen molar-refractivity contribution in [2.45, 2.75) is 30.4 Å². The van der Waals surface area contributed by atoms with Crippen molar-refractivity contribution in [2.24, 2.45) is 0 Å². The number of thiophene rings is 1.